The third-order valence-electron chi connectivity index (χ3n) is 3.13. The molecule has 0 saturated carbocycles. The van der Waals surface area contributed by atoms with Crippen molar-refractivity contribution in [2.24, 2.45) is 11.1 Å². The van der Waals surface area contributed by atoms with Crippen LogP contribution in [0.2, 0.25) is 0 Å². The van der Waals surface area contributed by atoms with Crippen LogP contribution in [0.4, 0.5) is 0 Å². The highest BCUT2D eigenvalue weighted by Crippen LogP contribution is 2.38. The summed E-state index contributed by atoms with van der Waals surface area (Å²) in [5.41, 5.74) is 7.53. The number of benzene rings is 1. The summed E-state index contributed by atoms with van der Waals surface area (Å²) in [6, 6.07) is 10.2. The highest BCUT2D eigenvalue weighted by molar-refractivity contribution is 7.79. The zero-order valence-electron chi connectivity index (χ0n) is 12.1. The van der Waals surface area contributed by atoms with Crippen molar-refractivity contribution in [3.63, 3.8) is 0 Å². The Morgan fingerprint density at radius 1 is 1.19 bits per heavy atom. The van der Waals surface area contributed by atoms with E-state index in [1.165, 1.54) is 5.56 Å². The summed E-state index contributed by atoms with van der Waals surface area (Å²) >= 11 is 0. The van der Waals surface area contributed by atoms with Crippen LogP contribution in [0, 0.1) is 5.41 Å². The molecule has 118 valence electrons. The zero-order chi connectivity index (χ0) is 16.5. The molecular weight excluding hydrogens is 290 g/mol. The largest absolute Gasteiger partial charge is 0.394 e. The first kappa shape index (κ1) is 19.5. The lowest BCUT2D eigenvalue weighted by molar-refractivity contribution is 0.262. The standard InChI is InChI=1S/C15H21N.H2O4S/c1-4-11-15(3,12-5-2)14(16)13-9-7-6-8-10-13;1-5(2,3)4/h4-10,14H,1-2,11-12,16H2,3H3;(H2,1,2,3,4). The normalized spacial score (nSPS) is 12.8. The second-order valence-electron chi connectivity index (χ2n) is 4.98. The third kappa shape index (κ3) is 8.41. The van der Waals surface area contributed by atoms with Gasteiger partial charge in [0.25, 0.3) is 0 Å². The van der Waals surface area contributed by atoms with E-state index < -0.39 is 10.4 Å². The highest BCUT2D eigenvalue weighted by Gasteiger charge is 2.30. The van der Waals surface area contributed by atoms with E-state index in [1.54, 1.807) is 0 Å². The maximum atomic E-state index is 8.74. The average Bonchev–Trinajstić information content (AvgIpc) is 2.37. The second-order valence-corrected chi connectivity index (χ2v) is 5.87. The van der Waals surface area contributed by atoms with Crippen LogP contribution in [0.25, 0.3) is 0 Å². The molecule has 5 nitrogen and oxygen atoms in total. The molecule has 1 unspecified atom stereocenters. The van der Waals surface area contributed by atoms with Crippen molar-refractivity contribution in [3.8, 4) is 0 Å². The maximum Gasteiger partial charge on any atom is 0.394 e. The minimum absolute atomic E-state index is 0.00481. The Morgan fingerprint density at radius 3 is 1.90 bits per heavy atom. The van der Waals surface area contributed by atoms with Crippen molar-refractivity contribution < 1.29 is 17.5 Å². The fourth-order valence-electron chi connectivity index (χ4n) is 2.06. The number of hydrogen-bond donors (Lipinski definition) is 3. The van der Waals surface area contributed by atoms with Crippen molar-refractivity contribution in [3.05, 3.63) is 61.2 Å². The van der Waals surface area contributed by atoms with E-state index in [0.29, 0.717) is 0 Å². The molecule has 0 amide bonds. The Balaban J connectivity index is 0.000000690. The Morgan fingerprint density at radius 2 is 1.57 bits per heavy atom. The van der Waals surface area contributed by atoms with Crippen LogP contribution in [-0.2, 0) is 10.4 Å². The number of allylic oxidation sites excluding steroid dienone is 2. The van der Waals surface area contributed by atoms with Crippen LogP contribution < -0.4 is 5.73 Å². The van der Waals surface area contributed by atoms with E-state index in [9.17, 15) is 0 Å². The smallest absolute Gasteiger partial charge is 0.323 e. The van der Waals surface area contributed by atoms with Gasteiger partial charge >= 0.3 is 10.4 Å². The van der Waals surface area contributed by atoms with E-state index in [2.05, 4.69) is 32.2 Å². The molecule has 4 N–H and O–H groups in total. The lowest BCUT2D eigenvalue weighted by Gasteiger charge is -2.34. The van der Waals surface area contributed by atoms with Gasteiger partial charge in [0, 0.05) is 6.04 Å². The number of hydrogen-bond acceptors (Lipinski definition) is 3. The predicted molar refractivity (Wildman–Crippen MR) is 85.3 cm³/mol. The zero-order valence-corrected chi connectivity index (χ0v) is 13.0. The molecule has 1 atom stereocenters. The summed E-state index contributed by atoms with van der Waals surface area (Å²) in [6.45, 7) is 9.82. The van der Waals surface area contributed by atoms with E-state index in [1.807, 2.05) is 30.4 Å². The van der Waals surface area contributed by atoms with Gasteiger partial charge in [-0.25, -0.2) is 0 Å². The Kier molecular flexibility index (Phi) is 8.12. The molecule has 0 saturated heterocycles. The molecule has 0 aliphatic carbocycles. The minimum atomic E-state index is -4.67. The minimum Gasteiger partial charge on any atom is -0.323 e. The summed E-state index contributed by atoms with van der Waals surface area (Å²) in [5.74, 6) is 0. The van der Waals surface area contributed by atoms with Gasteiger partial charge in [0.15, 0.2) is 0 Å². The van der Waals surface area contributed by atoms with Crippen LogP contribution in [0.1, 0.15) is 31.4 Å². The third-order valence-corrected chi connectivity index (χ3v) is 3.13. The monoisotopic (exact) mass is 313 g/mol. The van der Waals surface area contributed by atoms with Gasteiger partial charge in [-0.05, 0) is 23.8 Å². The fraction of sp³-hybridized carbons (Fsp3) is 0.333. The molecule has 0 fully saturated rings. The molecule has 6 heteroatoms. The maximum absolute atomic E-state index is 8.74. The molecule has 1 aromatic rings. The summed E-state index contributed by atoms with van der Waals surface area (Å²) < 4.78 is 31.6. The van der Waals surface area contributed by atoms with Crippen molar-refractivity contribution in [2.75, 3.05) is 0 Å². The second kappa shape index (κ2) is 8.74. The molecule has 1 rings (SSSR count). The summed E-state index contributed by atoms with van der Waals surface area (Å²) in [7, 11) is -4.67. The van der Waals surface area contributed by atoms with Crippen LogP contribution in [0.3, 0.4) is 0 Å². The Labute approximate surface area is 126 Å². The predicted octanol–water partition coefficient (Wildman–Crippen LogP) is 3.19. The average molecular weight is 313 g/mol. The molecule has 1 aromatic carbocycles. The van der Waals surface area contributed by atoms with Gasteiger partial charge in [-0.15, -0.1) is 13.2 Å². The molecule has 0 aliphatic heterocycles. The van der Waals surface area contributed by atoms with Crippen LogP contribution in [0.15, 0.2) is 55.6 Å². The van der Waals surface area contributed by atoms with Crippen molar-refractivity contribution in [2.45, 2.75) is 25.8 Å². The quantitative estimate of drug-likeness (QED) is 0.553. The number of rotatable bonds is 6. The molecule has 0 spiro atoms. The van der Waals surface area contributed by atoms with Crippen molar-refractivity contribution >= 4 is 10.4 Å². The summed E-state index contributed by atoms with van der Waals surface area (Å²) in [4.78, 5) is 0. The summed E-state index contributed by atoms with van der Waals surface area (Å²) in [5, 5.41) is 0. The fourth-order valence-corrected chi connectivity index (χ4v) is 2.06. The first-order chi connectivity index (χ1) is 9.64. The van der Waals surface area contributed by atoms with Crippen LogP contribution >= 0.6 is 0 Å². The van der Waals surface area contributed by atoms with Crippen LogP contribution in [-0.4, -0.2) is 17.5 Å². The van der Waals surface area contributed by atoms with E-state index in [4.69, 9.17) is 23.3 Å². The van der Waals surface area contributed by atoms with Gasteiger partial charge in [-0.2, -0.15) is 8.42 Å². The van der Waals surface area contributed by atoms with Gasteiger partial charge in [0.1, 0.15) is 0 Å². The topological polar surface area (TPSA) is 101 Å². The van der Waals surface area contributed by atoms with Gasteiger partial charge in [0.2, 0.25) is 0 Å². The lowest BCUT2D eigenvalue weighted by Crippen LogP contribution is -2.31. The Bertz CT molecular complexity index is 522. The van der Waals surface area contributed by atoms with Gasteiger partial charge in [0.05, 0.1) is 0 Å². The number of nitrogens with two attached hydrogens (primary N) is 1. The molecule has 0 aromatic heterocycles. The molecule has 21 heavy (non-hydrogen) atoms. The van der Waals surface area contributed by atoms with E-state index in [-0.39, 0.29) is 11.5 Å². The molecule has 0 heterocycles. The van der Waals surface area contributed by atoms with Gasteiger partial charge in [-0.3, -0.25) is 9.11 Å². The Hall–Kier alpha value is -1.47. The SMILES string of the molecule is C=CCC(C)(CC=C)C(N)c1ccccc1.O=S(=O)(O)O. The van der Waals surface area contributed by atoms with Crippen molar-refractivity contribution in [1.82, 2.24) is 0 Å². The lowest BCUT2D eigenvalue weighted by atomic mass is 9.74. The molecule has 0 aliphatic rings. The van der Waals surface area contributed by atoms with E-state index in [0.717, 1.165) is 12.8 Å². The van der Waals surface area contributed by atoms with Crippen molar-refractivity contribution in [1.29, 1.82) is 0 Å². The summed E-state index contributed by atoms with van der Waals surface area (Å²) in [6.07, 6.45) is 5.67. The van der Waals surface area contributed by atoms with Gasteiger partial charge in [-0.1, -0.05) is 49.4 Å². The van der Waals surface area contributed by atoms with Crippen LogP contribution in [0.5, 0.6) is 0 Å². The first-order valence-electron chi connectivity index (χ1n) is 6.36. The highest BCUT2D eigenvalue weighted by atomic mass is 32.3. The van der Waals surface area contributed by atoms with E-state index >= 15 is 0 Å². The molecule has 0 radical (unpaired) electrons. The van der Waals surface area contributed by atoms with Gasteiger partial charge < -0.3 is 5.73 Å². The molecular formula is C15H23NO4S. The first-order valence-corrected chi connectivity index (χ1v) is 7.76. The molecule has 0 bridgehead atoms.